The first-order valence-electron chi connectivity index (χ1n) is 14.0. The highest BCUT2D eigenvalue weighted by Crippen LogP contribution is 2.30. The van der Waals surface area contributed by atoms with Gasteiger partial charge in [0.2, 0.25) is 11.8 Å². The molecule has 45 heavy (non-hydrogen) atoms. The van der Waals surface area contributed by atoms with Gasteiger partial charge in [0.05, 0.1) is 17.7 Å². The second kappa shape index (κ2) is 15.5. The van der Waals surface area contributed by atoms with Gasteiger partial charge in [0.15, 0.2) is 0 Å². The summed E-state index contributed by atoms with van der Waals surface area (Å²) in [6, 6.07) is 25.1. The highest BCUT2D eigenvalue weighted by molar-refractivity contribution is 7.92. The normalized spacial score (nSPS) is 11.8. The Morgan fingerprint density at radius 1 is 0.844 bits per heavy atom. The predicted octanol–water partition coefficient (Wildman–Crippen LogP) is 6.63. The summed E-state index contributed by atoms with van der Waals surface area (Å²) >= 11 is 19.2. The number of methoxy groups -OCH3 is 1. The Hall–Kier alpha value is -3.76. The van der Waals surface area contributed by atoms with Gasteiger partial charge in [0, 0.05) is 40.1 Å². The summed E-state index contributed by atoms with van der Waals surface area (Å²) in [5.74, 6) is -0.587. The fraction of sp³-hybridized carbons (Fsp3) is 0.212. The largest absolute Gasteiger partial charge is 0.497 e. The van der Waals surface area contributed by atoms with Gasteiger partial charge in [-0.25, -0.2) is 8.42 Å². The number of anilines is 1. The van der Waals surface area contributed by atoms with Crippen LogP contribution in [0.3, 0.4) is 0 Å². The van der Waals surface area contributed by atoms with Gasteiger partial charge in [0.25, 0.3) is 10.0 Å². The van der Waals surface area contributed by atoms with Crippen molar-refractivity contribution in [3.8, 4) is 5.75 Å². The Morgan fingerprint density at radius 3 is 2.04 bits per heavy atom. The molecule has 8 nitrogen and oxygen atoms in total. The van der Waals surface area contributed by atoms with Crippen LogP contribution in [0.1, 0.15) is 18.1 Å². The van der Waals surface area contributed by atoms with Gasteiger partial charge >= 0.3 is 0 Å². The predicted molar refractivity (Wildman–Crippen MR) is 179 cm³/mol. The minimum Gasteiger partial charge on any atom is -0.497 e. The second-order valence-electron chi connectivity index (χ2n) is 9.99. The average molecular weight is 689 g/mol. The van der Waals surface area contributed by atoms with Crippen molar-refractivity contribution in [2.24, 2.45) is 0 Å². The average Bonchev–Trinajstić information content (AvgIpc) is 3.03. The molecule has 1 N–H and O–H groups in total. The third-order valence-electron chi connectivity index (χ3n) is 7.05. The maximum Gasteiger partial charge on any atom is 0.264 e. The second-order valence-corrected chi connectivity index (χ2v) is 13.1. The number of sulfonamides is 1. The van der Waals surface area contributed by atoms with Gasteiger partial charge in [-0.3, -0.25) is 13.9 Å². The summed E-state index contributed by atoms with van der Waals surface area (Å²) < 4.78 is 34.4. The molecule has 0 aliphatic carbocycles. The molecule has 4 aromatic carbocycles. The van der Waals surface area contributed by atoms with E-state index in [1.807, 2.05) is 30.3 Å². The zero-order valence-electron chi connectivity index (χ0n) is 24.6. The molecule has 0 aromatic heterocycles. The van der Waals surface area contributed by atoms with Crippen molar-refractivity contribution in [1.82, 2.24) is 10.2 Å². The van der Waals surface area contributed by atoms with Crippen LogP contribution in [-0.2, 0) is 32.6 Å². The number of nitrogens with one attached hydrogen (secondary N) is 1. The van der Waals surface area contributed by atoms with Crippen LogP contribution in [0.2, 0.25) is 15.1 Å². The molecule has 0 unspecified atom stereocenters. The molecule has 0 saturated carbocycles. The minimum absolute atomic E-state index is 0.0590. The Kier molecular flexibility index (Phi) is 11.7. The highest BCUT2D eigenvalue weighted by atomic mass is 35.5. The molecule has 4 rings (SSSR count). The van der Waals surface area contributed by atoms with Crippen LogP contribution in [-0.4, -0.2) is 51.4 Å². The van der Waals surface area contributed by atoms with Crippen molar-refractivity contribution < 1.29 is 22.7 Å². The van der Waals surface area contributed by atoms with Gasteiger partial charge in [-0.2, -0.15) is 0 Å². The molecule has 236 valence electrons. The quantitative estimate of drug-likeness (QED) is 0.170. The smallest absolute Gasteiger partial charge is 0.264 e. The number of nitrogens with zero attached hydrogens (tertiary/aromatic N) is 2. The van der Waals surface area contributed by atoms with Crippen LogP contribution in [0.25, 0.3) is 0 Å². The van der Waals surface area contributed by atoms with E-state index in [1.54, 1.807) is 25.1 Å². The molecule has 12 heteroatoms. The van der Waals surface area contributed by atoms with E-state index in [2.05, 4.69) is 5.32 Å². The topological polar surface area (TPSA) is 96.0 Å². The van der Waals surface area contributed by atoms with E-state index in [0.29, 0.717) is 32.9 Å². The van der Waals surface area contributed by atoms with E-state index in [4.69, 9.17) is 39.5 Å². The lowest BCUT2D eigenvalue weighted by molar-refractivity contribution is -0.140. The number of likely N-dealkylation sites (N-methyl/N-ethyl adjacent to an activating group) is 1. The summed E-state index contributed by atoms with van der Waals surface area (Å²) in [4.78, 5) is 29.3. The summed E-state index contributed by atoms with van der Waals surface area (Å²) in [6.07, 6.45) is 0.159. The first kappa shape index (κ1) is 34.1. The lowest BCUT2D eigenvalue weighted by atomic mass is 10.0. The molecule has 0 aliphatic rings. The number of rotatable bonds is 13. The summed E-state index contributed by atoms with van der Waals surface area (Å²) in [6.45, 7) is 1.31. The Labute approximate surface area is 278 Å². The van der Waals surface area contributed by atoms with Crippen molar-refractivity contribution in [2.75, 3.05) is 24.5 Å². The van der Waals surface area contributed by atoms with Crippen molar-refractivity contribution in [2.45, 2.75) is 30.8 Å². The molecule has 0 saturated heterocycles. The monoisotopic (exact) mass is 687 g/mol. The fourth-order valence-corrected chi connectivity index (χ4v) is 6.77. The van der Waals surface area contributed by atoms with Crippen molar-refractivity contribution in [3.05, 3.63) is 123 Å². The van der Waals surface area contributed by atoms with Crippen LogP contribution < -0.4 is 14.4 Å². The number of halogens is 3. The molecule has 0 heterocycles. The molecular weight excluding hydrogens is 657 g/mol. The maximum atomic E-state index is 14.4. The van der Waals surface area contributed by atoms with Crippen LogP contribution in [0.5, 0.6) is 5.75 Å². The van der Waals surface area contributed by atoms with Crippen LogP contribution in [0.4, 0.5) is 5.69 Å². The molecule has 0 bridgehead atoms. The third kappa shape index (κ3) is 8.49. The lowest BCUT2D eigenvalue weighted by Gasteiger charge is -2.34. The van der Waals surface area contributed by atoms with Gasteiger partial charge in [0.1, 0.15) is 18.3 Å². The van der Waals surface area contributed by atoms with Gasteiger partial charge < -0.3 is 15.0 Å². The van der Waals surface area contributed by atoms with E-state index in [1.165, 1.54) is 60.5 Å². The molecule has 0 aliphatic heterocycles. The minimum atomic E-state index is -4.29. The number of amides is 2. The number of carbonyl (C=O) groups excluding carboxylic acids is 2. The zero-order chi connectivity index (χ0) is 32.6. The van der Waals surface area contributed by atoms with Gasteiger partial charge in [-0.1, -0.05) is 71.2 Å². The Bertz CT molecular complexity index is 1700. The molecule has 4 aromatic rings. The summed E-state index contributed by atoms with van der Waals surface area (Å²) in [7, 11) is -2.82. The van der Waals surface area contributed by atoms with E-state index in [9.17, 15) is 18.0 Å². The van der Waals surface area contributed by atoms with Gasteiger partial charge in [-0.15, -0.1) is 0 Å². The summed E-state index contributed by atoms with van der Waals surface area (Å²) in [5, 5.41) is 3.81. The molecule has 0 fully saturated rings. The molecular formula is C33H32Cl3N3O5S. The van der Waals surface area contributed by atoms with Gasteiger partial charge in [-0.05, 0) is 73.2 Å². The molecule has 0 radical (unpaired) electrons. The number of hydrogen-bond donors (Lipinski definition) is 1. The van der Waals surface area contributed by atoms with Crippen LogP contribution in [0, 0.1) is 0 Å². The lowest BCUT2D eigenvalue weighted by Crippen LogP contribution is -2.53. The van der Waals surface area contributed by atoms with Crippen molar-refractivity contribution >= 4 is 62.3 Å². The highest BCUT2D eigenvalue weighted by Gasteiger charge is 2.35. The third-order valence-corrected chi connectivity index (χ3v) is 9.80. The maximum absolute atomic E-state index is 14.4. The van der Waals surface area contributed by atoms with Crippen molar-refractivity contribution in [1.29, 1.82) is 0 Å². The Balaban J connectivity index is 1.82. The number of benzene rings is 4. The van der Waals surface area contributed by atoms with E-state index in [-0.39, 0.29) is 23.5 Å². The fourth-order valence-electron chi connectivity index (χ4n) is 4.71. The number of carbonyl (C=O) groups is 2. The van der Waals surface area contributed by atoms with E-state index < -0.39 is 34.4 Å². The standard InChI is InChI=1S/C33H32Cl3N3O5S/c1-3-37-33(41)31(20-23-8-5-4-6-9-23)38(21-28-29(35)10-7-11-30(28)36)32(40)22-39(25-14-12-24(34)13-15-25)45(42,43)27-18-16-26(44-2)17-19-27/h4-19,31H,3,20-22H2,1-2H3,(H,37,41)/t31-/m0/s1. The van der Waals surface area contributed by atoms with Crippen LogP contribution in [0.15, 0.2) is 102 Å². The first-order valence-corrected chi connectivity index (χ1v) is 16.6. The SMILES string of the molecule is CCNC(=O)[C@H](Cc1ccccc1)N(Cc1c(Cl)cccc1Cl)C(=O)CN(c1ccc(Cl)cc1)S(=O)(=O)c1ccc(OC)cc1. The van der Waals surface area contributed by atoms with E-state index >= 15 is 0 Å². The summed E-state index contributed by atoms with van der Waals surface area (Å²) in [5.41, 5.74) is 1.43. The molecule has 2 amide bonds. The number of hydrogen-bond acceptors (Lipinski definition) is 5. The molecule has 0 spiro atoms. The zero-order valence-corrected chi connectivity index (χ0v) is 27.7. The van der Waals surface area contributed by atoms with E-state index in [0.717, 1.165) is 9.87 Å². The van der Waals surface area contributed by atoms with Crippen molar-refractivity contribution in [3.63, 3.8) is 0 Å². The Morgan fingerprint density at radius 2 is 1.47 bits per heavy atom. The first-order chi connectivity index (χ1) is 21.5. The molecule has 1 atom stereocenters. The number of ether oxygens (including phenoxy) is 1. The van der Waals surface area contributed by atoms with Crippen LogP contribution >= 0.6 is 34.8 Å².